The van der Waals surface area contributed by atoms with Crippen LogP contribution in [0.1, 0.15) is 6.92 Å². The van der Waals surface area contributed by atoms with Crippen LogP contribution in [0.5, 0.6) is 0 Å². The molecule has 0 saturated heterocycles. The average molecular weight is 117 g/mol. The molecule has 1 unspecified atom stereocenters. The zero-order valence-electron chi connectivity index (χ0n) is 4.92. The Bertz CT molecular complexity index is 70.8. The number of carboxylic acids is 1. The van der Waals surface area contributed by atoms with Gasteiger partial charge < -0.3 is 10.8 Å². The molecular formula is C5H11NO2. The fourth-order valence-electron chi connectivity index (χ4n) is 0. The normalized spacial score (nSPS) is 10.8. The van der Waals surface area contributed by atoms with E-state index in [1.165, 1.54) is 6.92 Å². The third-order valence-electron chi connectivity index (χ3n) is 0.390. The first-order chi connectivity index (χ1) is 3.64. The zero-order valence-corrected chi connectivity index (χ0v) is 4.92. The van der Waals surface area contributed by atoms with Crippen LogP contribution in [0.2, 0.25) is 0 Å². The minimum absolute atomic E-state index is 0.731. The van der Waals surface area contributed by atoms with Gasteiger partial charge >= 0.3 is 5.97 Å². The number of carbonyl (C=O) groups is 1. The molecule has 0 fully saturated rings. The maximum absolute atomic E-state index is 9.57. The van der Waals surface area contributed by atoms with Gasteiger partial charge in [-0.3, -0.25) is 4.79 Å². The number of carboxylic acid groups (broad SMARTS) is 1. The number of rotatable bonds is 1. The first kappa shape index (κ1) is 10.2. The Hall–Kier alpha value is -0.830. The van der Waals surface area contributed by atoms with E-state index in [1.54, 1.807) is 0 Å². The smallest absolute Gasteiger partial charge is 0.320 e. The Balaban J connectivity index is 0. The summed E-state index contributed by atoms with van der Waals surface area (Å²) in [6.07, 6.45) is 0. The second-order valence-electron chi connectivity index (χ2n) is 1.13. The van der Waals surface area contributed by atoms with Crippen molar-refractivity contribution in [3.05, 3.63) is 13.2 Å². The van der Waals surface area contributed by atoms with Gasteiger partial charge in [-0.1, -0.05) is 0 Å². The van der Waals surface area contributed by atoms with Gasteiger partial charge in [-0.2, -0.15) is 0 Å². The highest BCUT2D eigenvalue weighted by atomic mass is 16.4. The fraction of sp³-hybridized carbons (Fsp3) is 0.400. The van der Waals surface area contributed by atoms with Crippen LogP contribution in [0.3, 0.4) is 0 Å². The van der Waals surface area contributed by atoms with Crippen molar-refractivity contribution in [1.82, 2.24) is 0 Å². The second-order valence-corrected chi connectivity index (χ2v) is 1.13. The van der Waals surface area contributed by atoms with Crippen LogP contribution in [-0.4, -0.2) is 17.1 Å². The predicted octanol–water partition coefficient (Wildman–Crippen LogP) is 0.220. The van der Waals surface area contributed by atoms with Crippen molar-refractivity contribution >= 4 is 5.97 Å². The van der Waals surface area contributed by atoms with Crippen molar-refractivity contribution in [1.29, 1.82) is 0 Å². The summed E-state index contributed by atoms with van der Waals surface area (Å²) in [7, 11) is 0. The van der Waals surface area contributed by atoms with Crippen molar-refractivity contribution in [3.8, 4) is 0 Å². The Morgan fingerprint density at radius 1 is 1.75 bits per heavy atom. The van der Waals surface area contributed by atoms with Gasteiger partial charge in [0, 0.05) is 0 Å². The molecule has 0 rings (SSSR count). The first-order valence-electron chi connectivity index (χ1n) is 2.13. The van der Waals surface area contributed by atoms with Gasteiger partial charge in [-0.25, -0.2) is 0 Å². The van der Waals surface area contributed by atoms with E-state index in [9.17, 15) is 4.79 Å². The molecular weight excluding hydrogens is 106 g/mol. The molecule has 48 valence electrons. The largest absolute Gasteiger partial charge is 0.480 e. The summed E-state index contributed by atoms with van der Waals surface area (Å²) in [6, 6.07) is -0.731. The topological polar surface area (TPSA) is 63.3 Å². The maximum atomic E-state index is 9.57. The molecule has 0 aromatic heterocycles. The molecule has 0 aliphatic heterocycles. The van der Waals surface area contributed by atoms with Crippen molar-refractivity contribution in [3.63, 3.8) is 0 Å². The van der Waals surface area contributed by atoms with E-state index in [4.69, 9.17) is 10.8 Å². The van der Waals surface area contributed by atoms with Crippen LogP contribution >= 0.6 is 0 Å². The van der Waals surface area contributed by atoms with Crippen LogP contribution in [-0.2, 0) is 4.79 Å². The van der Waals surface area contributed by atoms with Gasteiger partial charge in [0.1, 0.15) is 6.04 Å². The Kier molecular flexibility index (Phi) is 7.88. The van der Waals surface area contributed by atoms with Gasteiger partial charge in [-0.05, 0) is 6.92 Å². The molecule has 3 heteroatoms. The Labute approximate surface area is 48.8 Å². The monoisotopic (exact) mass is 117 g/mol. The highest BCUT2D eigenvalue weighted by Crippen LogP contribution is 1.68. The highest BCUT2D eigenvalue weighted by molar-refractivity contribution is 5.72. The lowest BCUT2D eigenvalue weighted by Gasteiger charge is -1.90. The average Bonchev–Trinajstić information content (AvgIpc) is 1.72. The second kappa shape index (κ2) is 6.17. The highest BCUT2D eigenvalue weighted by Gasteiger charge is 1.99. The zero-order chi connectivity index (χ0) is 7.15. The molecule has 0 amide bonds. The van der Waals surface area contributed by atoms with E-state index < -0.39 is 12.0 Å². The van der Waals surface area contributed by atoms with Crippen LogP contribution in [0.15, 0.2) is 13.2 Å². The quantitative estimate of drug-likeness (QED) is 0.483. The lowest BCUT2D eigenvalue weighted by molar-refractivity contribution is -0.138. The molecule has 0 radical (unpaired) electrons. The summed E-state index contributed by atoms with van der Waals surface area (Å²) in [4.78, 5) is 9.57. The number of hydrogen-bond acceptors (Lipinski definition) is 2. The van der Waals surface area contributed by atoms with Gasteiger partial charge in [0.2, 0.25) is 0 Å². The van der Waals surface area contributed by atoms with Gasteiger partial charge in [0.05, 0.1) is 0 Å². The van der Waals surface area contributed by atoms with Crippen LogP contribution in [0, 0.1) is 0 Å². The van der Waals surface area contributed by atoms with Gasteiger partial charge in [-0.15, -0.1) is 13.2 Å². The van der Waals surface area contributed by atoms with E-state index in [-0.39, 0.29) is 0 Å². The minimum Gasteiger partial charge on any atom is -0.480 e. The van der Waals surface area contributed by atoms with Crippen molar-refractivity contribution < 1.29 is 9.90 Å². The summed E-state index contributed by atoms with van der Waals surface area (Å²) in [5, 5.41) is 7.87. The molecule has 0 aliphatic carbocycles. The van der Waals surface area contributed by atoms with Crippen LogP contribution < -0.4 is 5.73 Å². The SMILES string of the molecule is C=C.CC(N)C(=O)O. The molecule has 0 aromatic carbocycles. The molecule has 8 heavy (non-hydrogen) atoms. The summed E-state index contributed by atoms with van der Waals surface area (Å²) < 4.78 is 0. The van der Waals surface area contributed by atoms with Crippen molar-refractivity contribution in [2.75, 3.05) is 0 Å². The van der Waals surface area contributed by atoms with Gasteiger partial charge in [0.25, 0.3) is 0 Å². The third-order valence-corrected chi connectivity index (χ3v) is 0.390. The van der Waals surface area contributed by atoms with E-state index >= 15 is 0 Å². The molecule has 0 aliphatic rings. The molecule has 0 spiro atoms. The van der Waals surface area contributed by atoms with Gasteiger partial charge in [0.15, 0.2) is 0 Å². The lowest BCUT2D eigenvalue weighted by Crippen LogP contribution is -2.25. The molecule has 0 aromatic rings. The minimum atomic E-state index is -0.963. The summed E-state index contributed by atoms with van der Waals surface area (Å²) in [6.45, 7) is 7.42. The number of nitrogens with two attached hydrogens (primary N) is 1. The summed E-state index contributed by atoms with van der Waals surface area (Å²) in [5.74, 6) is -0.963. The van der Waals surface area contributed by atoms with Crippen LogP contribution in [0.4, 0.5) is 0 Å². The third kappa shape index (κ3) is 8.95. The number of hydrogen-bond donors (Lipinski definition) is 2. The first-order valence-corrected chi connectivity index (χ1v) is 2.13. The van der Waals surface area contributed by atoms with Crippen LogP contribution in [0.25, 0.3) is 0 Å². The van der Waals surface area contributed by atoms with E-state index in [2.05, 4.69) is 13.2 Å². The number of aliphatic carboxylic acids is 1. The Morgan fingerprint density at radius 2 is 1.88 bits per heavy atom. The molecule has 1 atom stereocenters. The summed E-state index contributed by atoms with van der Waals surface area (Å²) in [5.41, 5.74) is 4.84. The summed E-state index contributed by atoms with van der Waals surface area (Å²) >= 11 is 0. The molecule has 0 heterocycles. The van der Waals surface area contributed by atoms with E-state index in [0.717, 1.165) is 0 Å². The maximum Gasteiger partial charge on any atom is 0.320 e. The van der Waals surface area contributed by atoms with E-state index in [0.29, 0.717) is 0 Å². The molecule has 0 saturated carbocycles. The standard InChI is InChI=1S/C3H7NO2.C2H4/c1-2(4)3(5)6;1-2/h2H,4H2,1H3,(H,5,6);1-2H2. The predicted molar refractivity (Wildman–Crippen MR) is 32.5 cm³/mol. The Morgan fingerprint density at radius 3 is 1.88 bits per heavy atom. The molecule has 3 nitrogen and oxygen atoms in total. The molecule has 0 bridgehead atoms. The fourth-order valence-corrected chi connectivity index (χ4v) is 0. The molecule has 3 N–H and O–H groups in total. The lowest BCUT2D eigenvalue weighted by atomic mass is 10.4. The van der Waals surface area contributed by atoms with Crippen molar-refractivity contribution in [2.24, 2.45) is 5.73 Å². The van der Waals surface area contributed by atoms with Crippen molar-refractivity contribution in [2.45, 2.75) is 13.0 Å². The van der Waals surface area contributed by atoms with E-state index in [1.807, 2.05) is 0 Å².